The van der Waals surface area contributed by atoms with Crippen molar-refractivity contribution in [2.45, 2.75) is 25.9 Å². The third-order valence-electron chi connectivity index (χ3n) is 2.21. The molecule has 1 aromatic rings. The van der Waals surface area contributed by atoms with Gasteiger partial charge < -0.3 is 10.4 Å². The Morgan fingerprint density at radius 2 is 2.19 bits per heavy atom. The second-order valence-electron chi connectivity index (χ2n) is 3.69. The van der Waals surface area contributed by atoms with Gasteiger partial charge in [0.25, 0.3) is 5.69 Å². The summed E-state index contributed by atoms with van der Waals surface area (Å²) in [7, 11) is 0. The Kier molecular flexibility index (Phi) is 4.72. The van der Waals surface area contributed by atoms with Crippen molar-refractivity contribution in [3.8, 4) is 0 Å². The molecule has 1 atom stereocenters. The summed E-state index contributed by atoms with van der Waals surface area (Å²) in [6, 6.07) is 6.54. The molecular weight excluding hydrogens is 208 g/mol. The maximum absolute atomic E-state index is 10.7. The van der Waals surface area contributed by atoms with E-state index in [4.69, 9.17) is 5.11 Å². The number of para-hydroxylation sites is 2. The lowest BCUT2D eigenvalue weighted by Gasteiger charge is -2.07. The van der Waals surface area contributed by atoms with Gasteiger partial charge in [-0.3, -0.25) is 10.1 Å². The first-order valence-electron chi connectivity index (χ1n) is 5.26. The van der Waals surface area contributed by atoms with Gasteiger partial charge in [-0.25, -0.2) is 0 Å². The highest BCUT2D eigenvalue weighted by molar-refractivity contribution is 5.60. The minimum Gasteiger partial charge on any atom is -0.393 e. The molecule has 0 aliphatic rings. The average Bonchev–Trinajstić information content (AvgIpc) is 2.24. The molecule has 1 unspecified atom stereocenters. The van der Waals surface area contributed by atoms with Crippen LogP contribution in [0.3, 0.4) is 0 Å². The Hall–Kier alpha value is -1.62. The van der Waals surface area contributed by atoms with Crippen LogP contribution in [0.1, 0.15) is 19.8 Å². The third-order valence-corrected chi connectivity index (χ3v) is 2.21. The first kappa shape index (κ1) is 12.4. The number of anilines is 1. The second kappa shape index (κ2) is 6.07. The van der Waals surface area contributed by atoms with Gasteiger partial charge in [-0.05, 0) is 25.8 Å². The quantitative estimate of drug-likeness (QED) is 0.441. The van der Waals surface area contributed by atoms with E-state index in [0.29, 0.717) is 18.7 Å². The summed E-state index contributed by atoms with van der Waals surface area (Å²) >= 11 is 0. The molecule has 0 bridgehead atoms. The molecule has 88 valence electrons. The fraction of sp³-hybridized carbons (Fsp3) is 0.455. The van der Waals surface area contributed by atoms with Crippen LogP contribution in [0.25, 0.3) is 0 Å². The van der Waals surface area contributed by atoms with E-state index >= 15 is 0 Å². The minimum absolute atomic E-state index is 0.0829. The molecule has 0 saturated heterocycles. The van der Waals surface area contributed by atoms with Crippen molar-refractivity contribution in [2.24, 2.45) is 0 Å². The zero-order chi connectivity index (χ0) is 12.0. The fourth-order valence-electron chi connectivity index (χ4n) is 1.40. The molecule has 1 aromatic carbocycles. The van der Waals surface area contributed by atoms with Gasteiger partial charge >= 0.3 is 0 Å². The van der Waals surface area contributed by atoms with E-state index in [1.165, 1.54) is 6.07 Å². The number of hydrogen-bond donors (Lipinski definition) is 2. The highest BCUT2D eigenvalue weighted by Crippen LogP contribution is 2.22. The van der Waals surface area contributed by atoms with Crippen LogP contribution >= 0.6 is 0 Å². The van der Waals surface area contributed by atoms with E-state index in [1.807, 2.05) is 0 Å². The predicted octanol–water partition coefficient (Wildman–Crippen LogP) is 2.17. The number of hydrogen-bond acceptors (Lipinski definition) is 4. The molecule has 5 nitrogen and oxygen atoms in total. The number of benzene rings is 1. The highest BCUT2D eigenvalue weighted by atomic mass is 16.6. The maximum Gasteiger partial charge on any atom is 0.292 e. The molecule has 2 N–H and O–H groups in total. The summed E-state index contributed by atoms with van der Waals surface area (Å²) in [5.74, 6) is 0. The lowest BCUT2D eigenvalue weighted by atomic mass is 10.2. The van der Waals surface area contributed by atoms with Crippen LogP contribution in [0, 0.1) is 10.1 Å². The predicted molar refractivity (Wildman–Crippen MR) is 62.5 cm³/mol. The number of aliphatic hydroxyl groups is 1. The summed E-state index contributed by atoms with van der Waals surface area (Å²) in [4.78, 5) is 10.3. The Balaban J connectivity index is 2.50. The largest absolute Gasteiger partial charge is 0.393 e. The van der Waals surface area contributed by atoms with Gasteiger partial charge in [0.05, 0.1) is 11.0 Å². The van der Waals surface area contributed by atoms with Crippen molar-refractivity contribution in [3.63, 3.8) is 0 Å². The average molecular weight is 224 g/mol. The van der Waals surface area contributed by atoms with Gasteiger partial charge in [-0.1, -0.05) is 12.1 Å². The van der Waals surface area contributed by atoms with Gasteiger partial charge in [0.15, 0.2) is 0 Å². The van der Waals surface area contributed by atoms with Crippen LogP contribution in [-0.4, -0.2) is 22.7 Å². The van der Waals surface area contributed by atoms with Crippen molar-refractivity contribution in [3.05, 3.63) is 34.4 Å². The molecule has 0 amide bonds. The van der Waals surface area contributed by atoms with E-state index in [1.54, 1.807) is 25.1 Å². The minimum atomic E-state index is -0.406. The lowest BCUT2D eigenvalue weighted by Crippen LogP contribution is -2.07. The van der Waals surface area contributed by atoms with Crippen molar-refractivity contribution >= 4 is 11.4 Å². The molecule has 0 radical (unpaired) electrons. The summed E-state index contributed by atoms with van der Waals surface area (Å²) in [5.41, 5.74) is 0.609. The normalized spacial score (nSPS) is 12.1. The highest BCUT2D eigenvalue weighted by Gasteiger charge is 2.11. The molecule has 0 aromatic heterocycles. The van der Waals surface area contributed by atoms with Gasteiger partial charge in [0.2, 0.25) is 0 Å². The van der Waals surface area contributed by atoms with Gasteiger partial charge in [0, 0.05) is 12.6 Å². The Morgan fingerprint density at radius 3 is 2.81 bits per heavy atom. The van der Waals surface area contributed by atoms with Crippen LogP contribution in [0.2, 0.25) is 0 Å². The number of nitro benzene ring substituents is 1. The standard InChI is InChI=1S/C11H16N2O3/c1-9(14)5-4-8-12-10-6-2-3-7-11(10)13(15)16/h2-3,6-7,9,12,14H,4-5,8H2,1H3. The van der Waals surface area contributed by atoms with Gasteiger partial charge in [-0.2, -0.15) is 0 Å². The first-order chi connectivity index (χ1) is 7.61. The second-order valence-corrected chi connectivity index (χ2v) is 3.69. The molecule has 0 fully saturated rings. The molecule has 0 aliphatic heterocycles. The molecule has 0 spiro atoms. The molecule has 0 saturated carbocycles. The number of nitrogens with zero attached hydrogens (tertiary/aromatic N) is 1. The zero-order valence-corrected chi connectivity index (χ0v) is 9.22. The number of aliphatic hydroxyl groups excluding tert-OH is 1. The lowest BCUT2D eigenvalue weighted by molar-refractivity contribution is -0.384. The first-order valence-corrected chi connectivity index (χ1v) is 5.26. The number of nitro groups is 1. The Labute approximate surface area is 94.3 Å². The van der Waals surface area contributed by atoms with Crippen LogP contribution in [0.5, 0.6) is 0 Å². The summed E-state index contributed by atoms with van der Waals surface area (Å²) in [6.45, 7) is 2.35. The van der Waals surface area contributed by atoms with Crippen LogP contribution in [-0.2, 0) is 0 Å². The van der Waals surface area contributed by atoms with Crippen LogP contribution < -0.4 is 5.32 Å². The smallest absolute Gasteiger partial charge is 0.292 e. The molecule has 1 rings (SSSR count). The van der Waals surface area contributed by atoms with E-state index in [9.17, 15) is 10.1 Å². The monoisotopic (exact) mass is 224 g/mol. The van der Waals surface area contributed by atoms with Crippen molar-refractivity contribution in [2.75, 3.05) is 11.9 Å². The Bertz CT molecular complexity index is 353. The van der Waals surface area contributed by atoms with E-state index in [-0.39, 0.29) is 11.8 Å². The number of nitrogens with one attached hydrogen (secondary N) is 1. The molecule has 0 heterocycles. The van der Waals surface area contributed by atoms with Crippen LogP contribution in [0.4, 0.5) is 11.4 Å². The van der Waals surface area contributed by atoms with Crippen LogP contribution in [0.15, 0.2) is 24.3 Å². The Morgan fingerprint density at radius 1 is 1.50 bits per heavy atom. The van der Waals surface area contributed by atoms with E-state index in [0.717, 1.165) is 6.42 Å². The van der Waals surface area contributed by atoms with Gasteiger partial charge in [-0.15, -0.1) is 0 Å². The molecular formula is C11H16N2O3. The van der Waals surface area contributed by atoms with Crippen molar-refractivity contribution < 1.29 is 10.0 Å². The van der Waals surface area contributed by atoms with E-state index in [2.05, 4.69) is 5.32 Å². The SMILES string of the molecule is CC(O)CCCNc1ccccc1[N+](=O)[O-]. The molecule has 0 aliphatic carbocycles. The number of rotatable bonds is 6. The van der Waals surface area contributed by atoms with Crippen molar-refractivity contribution in [1.82, 2.24) is 0 Å². The third kappa shape index (κ3) is 3.86. The summed E-state index contributed by atoms with van der Waals surface area (Å²) < 4.78 is 0. The zero-order valence-electron chi connectivity index (χ0n) is 9.22. The van der Waals surface area contributed by atoms with Gasteiger partial charge in [0.1, 0.15) is 5.69 Å². The summed E-state index contributed by atoms with van der Waals surface area (Å²) in [6.07, 6.45) is 1.14. The molecule has 16 heavy (non-hydrogen) atoms. The fourth-order valence-corrected chi connectivity index (χ4v) is 1.40. The maximum atomic E-state index is 10.7. The van der Waals surface area contributed by atoms with Crippen molar-refractivity contribution in [1.29, 1.82) is 0 Å². The molecule has 5 heteroatoms. The topological polar surface area (TPSA) is 75.4 Å². The summed E-state index contributed by atoms with van der Waals surface area (Å²) in [5, 5.41) is 22.7. The van der Waals surface area contributed by atoms with E-state index < -0.39 is 4.92 Å².